The molecule has 7 nitrogen and oxygen atoms in total. The maximum atomic E-state index is 12.9. The highest BCUT2D eigenvalue weighted by molar-refractivity contribution is 5.94. The zero-order valence-corrected chi connectivity index (χ0v) is 18.1. The van der Waals surface area contributed by atoms with Gasteiger partial charge in [-0.3, -0.25) is 9.59 Å². The van der Waals surface area contributed by atoms with Gasteiger partial charge in [-0.2, -0.15) is 0 Å². The van der Waals surface area contributed by atoms with Crippen molar-refractivity contribution >= 4 is 11.9 Å². The fourth-order valence-corrected chi connectivity index (χ4v) is 3.87. The van der Waals surface area contributed by atoms with Crippen LogP contribution in [-0.4, -0.2) is 92.7 Å². The number of methoxy groups -OCH3 is 1. The van der Waals surface area contributed by atoms with Crippen LogP contribution in [0.3, 0.4) is 0 Å². The Balaban J connectivity index is 2.00. The number of carboxylic acids is 1. The Morgan fingerprint density at radius 1 is 1.10 bits per heavy atom. The molecule has 1 amide bonds. The molecule has 0 aromatic heterocycles. The lowest BCUT2D eigenvalue weighted by molar-refractivity contribution is -0.139. The molecule has 0 bridgehead atoms. The SMILES string of the molecule is COc1ccc(C(=O)N2CCC(CC(=O)O)C(CCN(C)CCN(C)C)C2)cc1. The summed E-state index contributed by atoms with van der Waals surface area (Å²) in [5.41, 5.74) is 0.643. The summed E-state index contributed by atoms with van der Waals surface area (Å²) >= 11 is 0. The third-order valence-electron chi connectivity index (χ3n) is 5.76. The van der Waals surface area contributed by atoms with Gasteiger partial charge in [-0.05, 0) is 76.6 Å². The van der Waals surface area contributed by atoms with Crippen molar-refractivity contribution in [3.63, 3.8) is 0 Å². The molecule has 162 valence electrons. The third kappa shape index (κ3) is 7.33. The van der Waals surface area contributed by atoms with Crippen LogP contribution in [0.4, 0.5) is 0 Å². The Bertz CT molecular complexity index is 663. The van der Waals surface area contributed by atoms with E-state index in [9.17, 15) is 14.7 Å². The summed E-state index contributed by atoms with van der Waals surface area (Å²) in [6.45, 7) is 4.08. The van der Waals surface area contributed by atoms with Crippen molar-refractivity contribution in [3.8, 4) is 5.75 Å². The number of ether oxygens (including phenoxy) is 1. The molecule has 1 fully saturated rings. The van der Waals surface area contributed by atoms with Crippen molar-refractivity contribution in [2.45, 2.75) is 19.3 Å². The molecule has 1 aliphatic rings. The lowest BCUT2D eigenvalue weighted by Crippen LogP contribution is -2.45. The van der Waals surface area contributed by atoms with E-state index in [1.54, 1.807) is 31.4 Å². The fourth-order valence-electron chi connectivity index (χ4n) is 3.87. The lowest BCUT2D eigenvalue weighted by Gasteiger charge is -2.39. The van der Waals surface area contributed by atoms with Gasteiger partial charge >= 0.3 is 5.97 Å². The summed E-state index contributed by atoms with van der Waals surface area (Å²) in [6, 6.07) is 7.16. The Morgan fingerprint density at radius 3 is 2.38 bits per heavy atom. The van der Waals surface area contributed by atoms with Gasteiger partial charge in [-0.25, -0.2) is 0 Å². The van der Waals surface area contributed by atoms with Crippen LogP contribution in [0.25, 0.3) is 0 Å². The number of aliphatic carboxylic acids is 1. The van der Waals surface area contributed by atoms with Crippen molar-refractivity contribution in [1.82, 2.24) is 14.7 Å². The normalized spacial score (nSPS) is 19.6. The van der Waals surface area contributed by atoms with Crippen LogP contribution >= 0.6 is 0 Å². The number of likely N-dealkylation sites (tertiary alicyclic amines) is 1. The molecule has 0 spiro atoms. The number of likely N-dealkylation sites (N-methyl/N-ethyl adjacent to an activating group) is 2. The van der Waals surface area contributed by atoms with Gasteiger partial charge < -0.3 is 24.5 Å². The average Bonchev–Trinajstić information content (AvgIpc) is 2.70. The summed E-state index contributed by atoms with van der Waals surface area (Å²) in [7, 11) is 7.81. The molecule has 29 heavy (non-hydrogen) atoms. The van der Waals surface area contributed by atoms with Gasteiger partial charge in [0.2, 0.25) is 0 Å². The minimum absolute atomic E-state index is 0.00684. The second-order valence-electron chi connectivity index (χ2n) is 8.28. The molecule has 0 radical (unpaired) electrons. The number of nitrogens with zero attached hydrogens (tertiary/aromatic N) is 3. The summed E-state index contributed by atoms with van der Waals surface area (Å²) in [6.07, 6.45) is 1.81. The number of benzene rings is 1. The molecular formula is C22H35N3O4. The first-order valence-electron chi connectivity index (χ1n) is 10.3. The van der Waals surface area contributed by atoms with Gasteiger partial charge in [0.25, 0.3) is 5.91 Å². The quantitative estimate of drug-likeness (QED) is 0.643. The first kappa shape index (κ1) is 23.2. The molecule has 1 aliphatic heterocycles. The van der Waals surface area contributed by atoms with E-state index in [4.69, 9.17) is 4.74 Å². The molecule has 7 heteroatoms. The maximum Gasteiger partial charge on any atom is 0.303 e. The Kier molecular flexibility index (Phi) is 8.92. The number of hydrogen-bond acceptors (Lipinski definition) is 5. The van der Waals surface area contributed by atoms with Gasteiger partial charge in [-0.1, -0.05) is 0 Å². The molecule has 2 atom stereocenters. The second kappa shape index (κ2) is 11.2. The van der Waals surface area contributed by atoms with Crippen LogP contribution in [-0.2, 0) is 4.79 Å². The standard InChI is InChI=1S/C22H35N3O4/c1-23(2)13-14-24(3)11-9-19-16-25(12-10-18(19)15-21(26)27)22(28)17-5-7-20(29-4)8-6-17/h5-8,18-19H,9-16H2,1-4H3,(H,26,27). The zero-order valence-electron chi connectivity index (χ0n) is 18.1. The topological polar surface area (TPSA) is 73.3 Å². The molecule has 1 aromatic rings. The second-order valence-corrected chi connectivity index (χ2v) is 8.28. The highest BCUT2D eigenvalue weighted by Crippen LogP contribution is 2.30. The van der Waals surface area contributed by atoms with Crippen LogP contribution < -0.4 is 4.74 Å². The molecule has 0 aliphatic carbocycles. The Morgan fingerprint density at radius 2 is 1.79 bits per heavy atom. The number of rotatable bonds is 10. The highest BCUT2D eigenvalue weighted by atomic mass is 16.5. The molecule has 1 heterocycles. The maximum absolute atomic E-state index is 12.9. The van der Waals surface area contributed by atoms with Crippen molar-refractivity contribution in [3.05, 3.63) is 29.8 Å². The first-order chi connectivity index (χ1) is 13.8. The molecule has 1 aromatic carbocycles. The molecule has 1 N–H and O–H groups in total. The van der Waals surface area contributed by atoms with E-state index in [0.29, 0.717) is 18.7 Å². The minimum atomic E-state index is -0.754. The smallest absolute Gasteiger partial charge is 0.303 e. The minimum Gasteiger partial charge on any atom is -0.497 e. The Hall–Kier alpha value is -2.12. The average molecular weight is 406 g/mol. The monoisotopic (exact) mass is 405 g/mol. The summed E-state index contributed by atoms with van der Waals surface area (Å²) < 4.78 is 5.16. The van der Waals surface area contributed by atoms with E-state index in [1.165, 1.54) is 0 Å². The van der Waals surface area contributed by atoms with E-state index in [0.717, 1.165) is 38.2 Å². The van der Waals surface area contributed by atoms with Crippen LogP contribution in [0.5, 0.6) is 5.75 Å². The molecule has 0 saturated carbocycles. The number of amides is 1. The van der Waals surface area contributed by atoms with Gasteiger partial charge in [-0.15, -0.1) is 0 Å². The summed E-state index contributed by atoms with van der Waals surface area (Å²) in [5, 5.41) is 9.30. The van der Waals surface area contributed by atoms with Gasteiger partial charge in [0.1, 0.15) is 5.75 Å². The van der Waals surface area contributed by atoms with E-state index >= 15 is 0 Å². The fraction of sp³-hybridized carbons (Fsp3) is 0.636. The van der Waals surface area contributed by atoms with E-state index in [-0.39, 0.29) is 24.2 Å². The van der Waals surface area contributed by atoms with Crippen LogP contribution in [0.1, 0.15) is 29.6 Å². The van der Waals surface area contributed by atoms with E-state index in [2.05, 4.69) is 30.9 Å². The molecular weight excluding hydrogens is 370 g/mol. The number of carbonyl (C=O) groups excluding carboxylic acids is 1. The molecule has 2 rings (SSSR count). The first-order valence-corrected chi connectivity index (χ1v) is 10.3. The van der Waals surface area contributed by atoms with Crippen LogP contribution in [0.2, 0.25) is 0 Å². The predicted octanol–water partition coefficient (Wildman–Crippen LogP) is 2.13. The number of piperidine rings is 1. The third-order valence-corrected chi connectivity index (χ3v) is 5.76. The van der Waals surface area contributed by atoms with Gasteiger partial charge in [0.15, 0.2) is 0 Å². The van der Waals surface area contributed by atoms with Crippen molar-refractivity contribution in [1.29, 1.82) is 0 Å². The van der Waals surface area contributed by atoms with Gasteiger partial charge in [0, 0.05) is 38.2 Å². The van der Waals surface area contributed by atoms with Crippen molar-refractivity contribution < 1.29 is 19.4 Å². The lowest BCUT2D eigenvalue weighted by atomic mass is 9.81. The zero-order chi connectivity index (χ0) is 21.4. The summed E-state index contributed by atoms with van der Waals surface area (Å²) in [5.74, 6) is 0.294. The Labute approximate surface area is 174 Å². The predicted molar refractivity (Wildman–Crippen MR) is 113 cm³/mol. The van der Waals surface area contributed by atoms with Gasteiger partial charge in [0.05, 0.1) is 7.11 Å². The number of hydrogen-bond donors (Lipinski definition) is 1. The van der Waals surface area contributed by atoms with Crippen molar-refractivity contribution in [2.24, 2.45) is 11.8 Å². The highest BCUT2D eigenvalue weighted by Gasteiger charge is 2.33. The largest absolute Gasteiger partial charge is 0.497 e. The van der Waals surface area contributed by atoms with E-state index < -0.39 is 5.97 Å². The van der Waals surface area contributed by atoms with Crippen molar-refractivity contribution in [2.75, 3.05) is 61.0 Å². The van der Waals surface area contributed by atoms with E-state index in [1.807, 2.05) is 4.90 Å². The van der Waals surface area contributed by atoms with Crippen LogP contribution in [0.15, 0.2) is 24.3 Å². The molecule has 1 saturated heterocycles. The molecule has 2 unspecified atom stereocenters. The summed E-state index contributed by atoms with van der Waals surface area (Å²) in [4.78, 5) is 30.6. The van der Waals surface area contributed by atoms with Crippen LogP contribution in [0, 0.1) is 11.8 Å². The number of carboxylic acid groups (broad SMARTS) is 1. The number of carbonyl (C=O) groups is 2.